The van der Waals surface area contributed by atoms with E-state index in [4.69, 9.17) is 5.73 Å². The second kappa shape index (κ2) is 5.32. The van der Waals surface area contributed by atoms with E-state index in [0.29, 0.717) is 5.69 Å². The lowest BCUT2D eigenvalue weighted by Crippen LogP contribution is -2.26. The predicted molar refractivity (Wildman–Crippen MR) is 78.6 cm³/mol. The quantitative estimate of drug-likeness (QED) is 0.852. The molecule has 0 bridgehead atoms. The molecule has 102 valence electrons. The van der Waals surface area contributed by atoms with Crippen LogP contribution in [0.25, 0.3) is 0 Å². The molecule has 0 aliphatic heterocycles. The second-order valence-electron chi connectivity index (χ2n) is 4.36. The molecular formula is C13H16N2O2S2. The average molecular weight is 296 g/mol. The molecule has 0 saturated carbocycles. The highest BCUT2D eigenvalue weighted by atomic mass is 32.2. The van der Waals surface area contributed by atoms with Gasteiger partial charge in [0.2, 0.25) is 10.0 Å². The van der Waals surface area contributed by atoms with Crippen LogP contribution in [-0.4, -0.2) is 8.42 Å². The minimum Gasteiger partial charge on any atom is -0.399 e. The Morgan fingerprint density at radius 1 is 1.16 bits per heavy atom. The van der Waals surface area contributed by atoms with Crippen molar-refractivity contribution in [2.75, 3.05) is 5.73 Å². The van der Waals surface area contributed by atoms with Gasteiger partial charge in [0, 0.05) is 15.4 Å². The van der Waals surface area contributed by atoms with Crippen molar-refractivity contribution in [3.05, 3.63) is 46.2 Å². The Morgan fingerprint density at radius 2 is 1.79 bits per heavy atom. The fourth-order valence-corrected chi connectivity index (χ4v) is 3.87. The number of hydrogen-bond acceptors (Lipinski definition) is 4. The van der Waals surface area contributed by atoms with E-state index in [9.17, 15) is 8.42 Å². The fourth-order valence-electron chi connectivity index (χ4n) is 1.69. The third kappa shape index (κ3) is 3.34. The summed E-state index contributed by atoms with van der Waals surface area (Å²) in [6, 6.07) is 9.84. The molecule has 6 heteroatoms. The summed E-state index contributed by atoms with van der Waals surface area (Å²) in [5.74, 6) is 0. The Labute approximate surface area is 117 Å². The van der Waals surface area contributed by atoms with E-state index in [-0.39, 0.29) is 10.9 Å². The van der Waals surface area contributed by atoms with Gasteiger partial charge >= 0.3 is 0 Å². The molecule has 0 saturated heterocycles. The fraction of sp³-hybridized carbons (Fsp3) is 0.231. The van der Waals surface area contributed by atoms with Crippen molar-refractivity contribution in [2.45, 2.75) is 24.8 Å². The number of nitrogens with two attached hydrogens (primary N) is 1. The van der Waals surface area contributed by atoms with Gasteiger partial charge in [-0.25, -0.2) is 13.1 Å². The average Bonchev–Trinajstić information content (AvgIpc) is 2.76. The van der Waals surface area contributed by atoms with Crippen LogP contribution in [0.3, 0.4) is 0 Å². The maximum Gasteiger partial charge on any atom is 0.241 e. The number of hydrogen-bond donors (Lipinski definition) is 2. The zero-order chi connectivity index (χ0) is 14.0. The minimum absolute atomic E-state index is 0.224. The number of nitrogens with one attached hydrogen (secondary N) is 1. The number of aryl methyl sites for hydroxylation is 1. The van der Waals surface area contributed by atoms with Gasteiger partial charge in [-0.05, 0) is 50.2 Å². The topological polar surface area (TPSA) is 72.2 Å². The smallest absolute Gasteiger partial charge is 0.241 e. The van der Waals surface area contributed by atoms with Crippen LogP contribution in [0.1, 0.15) is 22.7 Å². The van der Waals surface area contributed by atoms with Gasteiger partial charge in [0.1, 0.15) is 0 Å². The molecule has 1 aromatic carbocycles. The molecule has 4 nitrogen and oxygen atoms in total. The molecular weight excluding hydrogens is 280 g/mol. The summed E-state index contributed by atoms with van der Waals surface area (Å²) in [6.07, 6.45) is 0. The van der Waals surface area contributed by atoms with E-state index in [1.54, 1.807) is 23.5 Å². The SMILES string of the molecule is Cc1ccc(C(C)NS(=O)(=O)c2ccc(N)cc2)s1. The molecule has 0 fully saturated rings. The van der Waals surface area contributed by atoms with Crippen LogP contribution in [0.4, 0.5) is 5.69 Å². The van der Waals surface area contributed by atoms with Gasteiger partial charge in [-0.15, -0.1) is 11.3 Å². The summed E-state index contributed by atoms with van der Waals surface area (Å²) in [4.78, 5) is 2.38. The molecule has 3 N–H and O–H groups in total. The van der Waals surface area contributed by atoms with E-state index >= 15 is 0 Å². The lowest BCUT2D eigenvalue weighted by molar-refractivity contribution is 0.568. The first-order chi connectivity index (χ1) is 8.88. The van der Waals surface area contributed by atoms with Crippen molar-refractivity contribution >= 4 is 27.0 Å². The number of rotatable bonds is 4. The van der Waals surface area contributed by atoms with Crippen molar-refractivity contribution in [3.8, 4) is 0 Å². The van der Waals surface area contributed by atoms with Crippen LogP contribution < -0.4 is 10.5 Å². The molecule has 19 heavy (non-hydrogen) atoms. The third-order valence-electron chi connectivity index (χ3n) is 2.71. The number of benzene rings is 1. The normalized spacial score (nSPS) is 13.4. The molecule has 0 aliphatic rings. The molecule has 0 aliphatic carbocycles. The van der Waals surface area contributed by atoms with E-state index in [1.165, 1.54) is 12.1 Å². The zero-order valence-electron chi connectivity index (χ0n) is 10.8. The molecule has 1 unspecified atom stereocenters. The summed E-state index contributed by atoms with van der Waals surface area (Å²) in [5.41, 5.74) is 6.09. The van der Waals surface area contributed by atoms with Crippen LogP contribution in [0.5, 0.6) is 0 Å². The molecule has 1 atom stereocenters. The summed E-state index contributed by atoms with van der Waals surface area (Å²) in [7, 11) is -3.51. The summed E-state index contributed by atoms with van der Waals surface area (Å²) in [5, 5.41) is 0. The standard InChI is InChI=1S/C13H16N2O2S2/c1-9-3-8-13(18-9)10(2)15-19(16,17)12-6-4-11(14)5-7-12/h3-8,10,15H,14H2,1-2H3. The van der Waals surface area contributed by atoms with E-state index < -0.39 is 10.0 Å². The maximum atomic E-state index is 12.2. The van der Waals surface area contributed by atoms with Gasteiger partial charge in [-0.3, -0.25) is 0 Å². The van der Waals surface area contributed by atoms with Crippen LogP contribution in [0.2, 0.25) is 0 Å². The lowest BCUT2D eigenvalue weighted by Gasteiger charge is -2.12. The van der Waals surface area contributed by atoms with E-state index in [2.05, 4.69) is 4.72 Å². The Kier molecular flexibility index (Phi) is 3.93. The summed E-state index contributed by atoms with van der Waals surface area (Å²) >= 11 is 1.59. The van der Waals surface area contributed by atoms with Crippen molar-refractivity contribution in [2.24, 2.45) is 0 Å². The molecule has 0 spiro atoms. The Hall–Kier alpha value is -1.37. The monoisotopic (exact) mass is 296 g/mol. The highest BCUT2D eigenvalue weighted by Gasteiger charge is 2.18. The summed E-state index contributed by atoms with van der Waals surface area (Å²) in [6.45, 7) is 3.83. The van der Waals surface area contributed by atoms with Gasteiger partial charge in [0.25, 0.3) is 0 Å². The third-order valence-corrected chi connectivity index (χ3v) is 5.45. The lowest BCUT2D eigenvalue weighted by atomic mass is 10.3. The minimum atomic E-state index is -3.51. The first-order valence-electron chi connectivity index (χ1n) is 5.83. The predicted octanol–water partition coefficient (Wildman–Crippen LogP) is 2.68. The number of sulfonamides is 1. The molecule has 1 heterocycles. The van der Waals surface area contributed by atoms with Crippen LogP contribution in [0, 0.1) is 6.92 Å². The van der Waals surface area contributed by atoms with Crippen molar-refractivity contribution in [3.63, 3.8) is 0 Å². The zero-order valence-corrected chi connectivity index (χ0v) is 12.4. The molecule has 1 aromatic heterocycles. The van der Waals surface area contributed by atoms with Gasteiger partial charge in [-0.1, -0.05) is 0 Å². The van der Waals surface area contributed by atoms with Crippen molar-refractivity contribution < 1.29 is 8.42 Å². The van der Waals surface area contributed by atoms with Crippen LogP contribution >= 0.6 is 11.3 Å². The van der Waals surface area contributed by atoms with Crippen molar-refractivity contribution in [1.29, 1.82) is 0 Å². The Balaban J connectivity index is 2.19. The second-order valence-corrected chi connectivity index (χ2v) is 7.39. The maximum absolute atomic E-state index is 12.2. The molecule has 2 rings (SSSR count). The van der Waals surface area contributed by atoms with Crippen molar-refractivity contribution in [1.82, 2.24) is 4.72 Å². The first kappa shape index (κ1) is 14.0. The van der Waals surface area contributed by atoms with Gasteiger partial charge in [0.15, 0.2) is 0 Å². The number of nitrogen functional groups attached to an aromatic ring is 1. The number of thiophene rings is 1. The Bertz CT molecular complexity index is 660. The largest absolute Gasteiger partial charge is 0.399 e. The molecule has 2 aromatic rings. The van der Waals surface area contributed by atoms with Crippen LogP contribution in [-0.2, 0) is 10.0 Å². The van der Waals surface area contributed by atoms with Gasteiger partial charge in [-0.2, -0.15) is 0 Å². The number of anilines is 1. The Morgan fingerprint density at radius 3 is 2.32 bits per heavy atom. The summed E-state index contributed by atoms with van der Waals surface area (Å²) < 4.78 is 27.0. The molecule has 0 radical (unpaired) electrons. The highest BCUT2D eigenvalue weighted by Crippen LogP contribution is 2.24. The molecule has 0 amide bonds. The van der Waals surface area contributed by atoms with Gasteiger partial charge in [0.05, 0.1) is 10.9 Å². The highest BCUT2D eigenvalue weighted by molar-refractivity contribution is 7.89. The first-order valence-corrected chi connectivity index (χ1v) is 8.12. The van der Waals surface area contributed by atoms with Gasteiger partial charge < -0.3 is 5.73 Å². The van der Waals surface area contributed by atoms with Crippen LogP contribution in [0.15, 0.2) is 41.3 Å². The van der Waals surface area contributed by atoms with E-state index in [1.807, 2.05) is 26.0 Å². The van der Waals surface area contributed by atoms with E-state index in [0.717, 1.165) is 9.75 Å².